The van der Waals surface area contributed by atoms with Gasteiger partial charge in [-0.1, -0.05) is 18.2 Å². The number of hydrogen-bond acceptors (Lipinski definition) is 11. The molecule has 1 aliphatic heterocycles. The number of aromatic nitrogens is 3. The Hall–Kier alpha value is -3.27. The number of anilines is 1. The van der Waals surface area contributed by atoms with Gasteiger partial charge in [0.1, 0.15) is 53.7 Å². The van der Waals surface area contributed by atoms with Crippen molar-refractivity contribution in [2.45, 2.75) is 81.8 Å². The van der Waals surface area contributed by atoms with Crippen LogP contribution in [0.3, 0.4) is 0 Å². The zero-order valence-corrected chi connectivity index (χ0v) is 25.4. The first kappa shape index (κ1) is 33.1. The second-order valence-corrected chi connectivity index (χ2v) is 13.2. The number of hydrogen-bond donors (Lipinski definition) is 4. The summed E-state index contributed by atoms with van der Waals surface area (Å²) < 4.78 is 77.4. The predicted octanol–water partition coefficient (Wildman–Crippen LogP) is 3.71. The van der Waals surface area contributed by atoms with Crippen molar-refractivity contribution >= 4 is 25.1 Å². The molecule has 1 saturated heterocycles. The molecule has 1 saturated carbocycles. The zero-order valence-electron chi connectivity index (χ0n) is 24.5. The highest BCUT2D eigenvalue weighted by atomic mass is 31.2. The van der Waals surface area contributed by atoms with E-state index in [4.69, 9.17) is 24.3 Å². The van der Waals surface area contributed by atoms with Crippen LogP contribution in [0.2, 0.25) is 0 Å². The standard InChI is InChI=1S/C28H35F3N5O8P/c1-16(26(39)42-18-10-8-17(9-11-18)28(29,30)31)35-45(40,44-19-6-4-3-5-7-19)41-14-27(2)24(38)22(37)23(43-27)20-12-13-21-25(32)33-15-34-36(20)21/h3-7,12-13,15-18,22-24,37-38H,8-11,14H2,1-2H3,(H,35,40)(H2,32,33,34)/t16-,17-,18-,22-,23-,24-,27+,45?/m0/s1. The third-order valence-corrected chi connectivity index (χ3v) is 9.70. The summed E-state index contributed by atoms with van der Waals surface area (Å²) in [6, 6.07) is 9.94. The second kappa shape index (κ2) is 12.9. The van der Waals surface area contributed by atoms with E-state index in [1.54, 1.807) is 30.3 Å². The molecule has 1 aromatic carbocycles. The van der Waals surface area contributed by atoms with E-state index >= 15 is 0 Å². The third-order valence-electron chi connectivity index (χ3n) is 8.07. The van der Waals surface area contributed by atoms with Crippen molar-refractivity contribution in [3.8, 4) is 5.75 Å². The van der Waals surface area contributed by atoms with E-state index in [1.807, 2.05) is 0 Å². The Balaban J connectivity index is 1.28. The number of rotatable bonds is 10. The van der Waals surface area contributed by atoms with E-state index in [-0.39, 0.29) is 37.3 Å². The Kier molecular flexibility index (Phi) is 9.45. The first-order valence-corrected chi connectivity index (χ1v) is 15.9. The lowest BCUT2D eigenvalue weighted by Crippen LogP contribution is -2.45. The van der Waals surface area contributed by atoms with Gasteiger partial charge in [-0.2, -0.15) is 23.4 Å². The van der Waals surface area contributed by atoms with E-state index in [1.165, 1.54) is 36.8 Å². The van der Waals surface area contributed by atoms with Crippen molar-refractivity contribution in [1.29, 1.82) is 0 Å². The molecule has 1 unspecified atom stereocenters. The molecule has 3 heterocycles. The van der Waals surface area contributed by atoms with Crippen LogP contribution in [-0.4, -0.2) is 73.5 Å². The van der Waals surface area contributed by atoms with Gasteiger partial charge in [0.05, 0.1) is 18.2 Å². The number of fused-ring (bicyclic) bond motifs is 1. The maximum absolute atomic E-state index is 14.0. The van der Waals surface area contributed by atoms with Crippen LogP contribution >= 0.6 is 7.75 Å². The zero-order chi connectivity index (χ0) is 32.6. The summed E-state index contributed by atoms with van der Waals surface area (Å²) in [7, 11) is -4.42. The Bertz CT molecular complexity index is 1540. The molecule has 0 amide bonds. The van der Waals surface area contributed by atoms with Crippen LogP contribution in [0.4, 0.5) is 19.0 Å². The Morgan fingerprint density at radius 2 is 1.89 bits per heavy atom. The van der Waals surface area contributed by atoms with Gasteiger partial charge < -0.3 is 29.9 Å². The lowest BCUT2D eigenvalue weighted by atomic mass is 9.87. The van der Waals surface area contributed by atoms with Crippen LogP contribution in [0.15, 0.2) is 48.8 Å². The topological polar surface area (TPSA) is 180 Å². The number of esters is 1. The lowest BCUT2D eigenvalue weighted by Gasteiger charge is -2.31. The van der Waals surface area contributed by atoms with Gasteiger partial charge in [-0.3, -0.25) is 9.32 Å². The smallest absolute Gasteiger partial charge is 0.459 e. The van der Waals surface area contributed by atoms with Gasteiger partial charge >= 0.3 is 19.9 Å². The maximum Gasteiger partial charge on any atom is 0.459 e. The van der Waals surface area contributed by atoms with Crippen LogP contribution in [0, 0.1) is 5.92 Å². The largest absolute Gasteiger partial charge is 0.461 e. The minimum absolute atomic E-state index is 0.0456. The Labute approximate surface area is 256 Å². The number of halogens is 3. The molecular weight excluding hydrogens is 622 g/mol. The number of aliphatic hydroxyl groups is 2. The summed E-state index contributed by atoms with van der Waals surface area (Å²) in [5.74, 6) is -1.97. The minimum atomic E-state index is -4.42. The number of carbonyl (C=O) groups is 1. The average molecular weight is 658 g/mol. The van der Waals surface area contributed by atoms with Gasteiger partial charge in [-0.05, 0) is 63.8 Å². The molecule has 5 N–H and O–H groups in total. The fraction of sp³-hybridized carbons (Fsp3) is 0.536. The van der Waals surface area contributed by atoms with E-state index in [9.17, 15) is 32.7 Å². The van der Waals surface area contributed by atoms with Gasteiger partial charge in [0.25, 0.3) is 0 Å². The SMILES string of the molecule is C[C@H](NP(=O)(OC[C@@]1(C)O[C@@H](c2ccc3c(N)ncnn23)[C@H](O)[C@@H]1O)Oc1ccccc1)C(=O)O[C@H]1CC[C@H](C(F)(F)F)CC1. The number of nitrogen functional groups attached to an aromatic ring is 1. The molecular formula is C28H35F3N5O8P. The molecule has 45 heavy (non-hydrogen) atoms. The molecule has 2 aliphatic rings. The van der Waals surface area contributed by atoms with Gasteiger partial charge in [0.2, 0.25) is 0 Å². The van der Waals surface area contributed by atoms with Gasteiger partial charge in [-0.25, -0.2) is 14.1 Å². The molecule has 1 aliphatic carbocycles. The number of benzene rings is 1. The molecule has 6 atom stereocenters. The lowest BCUT2D eigenvalue weighted by molar-refractivity contribution is -0.188. The number of alkyl halides is 3. The molecule has 0 bridgehead atoms. The number of para-hydroxylation sites is 1. The summed E-state index contributed by atoms with van der Waals surface area (Å²) in [4.78, 5) is 16.8. The molecule has 17 heteroatoms. The van der Waals surface area contributed by atoms with E-state index in [0.717, 1.165) is 0 Å². The van der Waals surface area contributed by atoms with Crippen molar-refractivity contribution in [2.75, 3.05) is 12.3 Å². The number of nitrogens with one attached hydrogen (secondary N) is 1. The van der Waals surface area contributed by atoms with Crippen LogP contribution in [0.1, 0.15) is 51.3 Å². The van der Waals surface area contributed by atoms with E-state index < -0.39 is 68.5 Å². The molecule has 0 spiro atoms. The summed E-state index contributed by atoms with van der Waals surface area (Å²) >= 11 is 0. The molecule has 0 radical (unpaired) electrons. The summed E-state index contributed by atoms with van der Waals surface area (Å²) in [6.07, 6.45) is -8.07. The number of nitrogens with zero attached hydrogens (tertiary/aromatic N) is 3. The monoisotopic (exact) mass is 657 g/mol. The Morgan fingerprint density at radius 1 is 1.20 bits per heavy atom. The molecule has 13 nitrogen and oxygen atoms in total. The number of ether oxygens (including phenoxy) is 2. The fourth-order valence-electron chi connectivity index (χ4n) is 5.49. The van der Waals surface area contributed by atoms with Crippen molar-refractivity contribution < 1.29 is 51.3 Å². The normalized spacial score (nSPS) is 29.3. The minimum Gasteiger partial charge on any atom is -0.461 e. The summed E-state index contributed by atoms with van der Waals surface area (Å²) in [6.45, 7) is 2.23. The summed E-state index contributed by atoms with van der Waals surface area (Å²) in [5, 5.41) is 28.6. The van der Waals surface area contributed by atoms with Crippen LogP contribution in [-0.2, 0) is 23.4 Å². The van der Waals surface area contributed by atoms with Gasteiger partial charge in [0.15, 0.2) is 5.82 Å². The van der Waals surface area contributed by atoms with E-state index in [2.05, 4.69) is 15.2 Å². The summed E-state index contributed by atoms with van der Waals surface area (Å²) in [5.41, 5.74) is 5.12. The second-order valence-electron chi connectivity index (χ2n) is 11.5. The maximum atomic E-state index is 14.0. The number of aliphatic hydroxyl groups excluding tert-OH is 2. The number of carbonyl (C=O) groups excluding carboxylic acids is 1. The molecule has 246 valence electrons. The molecule has 5 rings (SSSR count). The van der Waals surface area contributed by atoms with Crippen molar-refractivity contribution in [1.82, 2.24) is 19.7 Å². The van der Waals surface area contributed by atoms with Gasteiger partial charge in [-0.15, -0.1) is 0 Å². The van der Waals surface area contributed by atoms with Crippen LogP contribution < -0.4 is 15.3 Å². The first-order valence-electron chi connectivity index (χ1n) is 14.4. The van der Waals surface area contributed by atoms with Gasteiger partial charge in [0, 0.05) is 0 Å². The average Bonchev–Trinajstić information content (AvgIpc) is 3.52. The van der Waals surface area contributed by atoms with Crippen molar-refractivity contribution in [3.05, 3.63) is 54.5 Å². The van der Waals surface area contributed by atoms with Crippen molar-refractivity contribution in [2.24, 2.45) is 5.92 Å². The Morgan fingerprint density at radius 3 is 2.56 bits per heavy atom. The predicted molar refractivity (Wildman–Crippen MR) is 153 cm³/mol. The highest BCUT2D eigenvalue weighted by Crippen LogP contribution is 2.48. The molecule has 3 aromatic rings. The highest BCUT2D eigenvalue weighted by molar-refractivity contribution is 7.52. The first-order chi connectivity index (χ1) is 21.2. The molecule has 2 aromatic heterocycles. The fourth-order valence-corrected chi connectivity index (χ4v) is 7.07. The van der Waals surface area contributed by atoms with Crippen LogP contribution in [0.5, 0.6) is 5.75 Å². The number of nitrogens with two attached hydrogens (primary N) is 1. The highest BCUT2D eigenvalue weighted by Gasteiger charge is 2.54. The third kappa shape index (κ3) is 7.26. The van der Waals surface area contributed by atoms with Crippen molar-refractivity contribution in [3.63, 3.8) is 0 Å². The molecule has 2 fully saturated rings. The van der Waals surface area contributed by atoms with E-state index in [0.29, 0.717) is 11.2 Å². The quantitative estimate of drug-likeness (QED) is 0.184. The van der Waals surface area contributed by atoms with Crippen LogP contribution in [0.25, 0.3) is 5.52 Å².